The van der Waals surface area contributed by atoms with Crippen molar-refractivity contribution in [3.05, 3.63) is 23.4 Å². The molecule has 1 aromatic heterocycles. The lowest BCUT2D eigenvalue weighted by atomic mass is 10.1. The normalized spacial score (nSPS) is 19.7. The highest BCUT2D eigenvalue weighted by Crippen LogP contribution is 2.22. The first-order chi connectivity index (χ1) is 9.26. The van der Waals surface area contributed by atoms with Crippen LogP contribution in [0.15, 0.2) is 12.3 Å². The molecule has 0 aliphatic carbocycles. The highest BCUT2D eigenvalue weighted by atomic mass is 16.5. The molecule has 0 radical (unpaired) electrons. The second-order valence-corrected chi connectivity index (χ2v) is 4.87. The topological polar surface area (TPSA) is 57.6 Å². The molecule has 106 valence electrons. The SMILES string of the molecule is CCNCc1cnc(N2CCOCC2CO)c(C)c1. The molecule has 1 aliphatic rings. The van der Waals surface area contributed by atoms with Crippen molar-refractivity contribution in [2.24, 2.45) is 0 Å². The number of nitrogens with zero attached hydrogens (tertiary/aromatic N) is 2. The van der Waals surface area contributed by atoms with Crippen LogP contribution in [-0.2, 0) is 11.3 Å². The minimum Gasteiger partial charge on any atom is -0.394 e. The van der Waals surface area contributed by atoms with Gasteiger partial charge < -0.3 is 20.1 Å². The molecular weight excluding hydrogens is 242 g/mol. The zero-order valence-corrected chi connectivity index (χ0v) is 11.7. The van der Waals surface area contributed by atoms with Crippen LogP contribution >= 0.6 is 0 Å². The van der Waals surface area contributed by atoms with E-state index in [9.17, 15) is 5.11 Å². The number of hydrogen-bond donors (Lipinski definition) is 2. The fourth-order valence-electron chi connectivity index (χ4n) is 2.38. The number of aryl methyl sites for hydroxylation is 1. The first kappa shape index (κ1) is 14.2. The summed E-state index contributed by atoms with van der Waals surface area (Å²) in [5.74, 6) is 0.961. The smallest absolute Gasteiger partial charge is 0.131 e. The van der Waals surface area contributed by atoms with Crippen molar-refractivity contribution in [1.29, 1.82) is 0 Å². The maximum absolute atomic E-state index is 9.42. The average Bonchev–Trinajstić information content (AvgIpc) is 2.45. The first-order valence-electron chi connectivity index (χ1n) is 6.87. The van der Waals surface area contributed by atoms with Gasteiger partial charge in [0.05, 0.1) is 25.9 Å². The van der Waals surface area contributed by atoms with Gasteiger partial charge in [-0.25, -0.2) is 4.98 Å². The van der Waals surface area contributed by atoms with Gasteiger partial charge in [-0.15, -0.1) is 0 Å². The molecule has 1 unspecified atom stereocenters. The van der Waals surface area contributed by atoms with Crippen molar-refractivity contribution in [3.8, 4) is 0 Å². The number of aromatic nitrogens is 1. The summed E-state index contributed by atoms with van der Waals surface area (Å²) in [5, 5.41) is 12.7. The Morgan fingerprint density at radius 1 is 1.58 bits per heavy atom. The quantitative estimate of drug-likeness (QED) is 0.820. The zero-order valence-electron chi connectivity index (χ0n) is 11.7. The van der Waals surface area contributed by atoms with Gasteiger partial charge in [-0.05, 0) is 30.7 Å². The summed E-state index contributed by atoms with van der Waals surface area (Å²) >= 11 is 0. The van der Waals surface area contributed by atoms with E-state index in [1.54, 1.807) is 0 Å². The maximum Gasteiger partial charge on any atom is 0.131 e. The number of morpholine rings is 1. The maximum atomic E-state index is 9.42. The summed E-state index contributed by atoms with van der Waals surface area (Å²) in [7, 11) is 0. The van der Waals surface area contributed by atoms with E-state index in [2.05, 4.69) is 35.1 Å². The minimum atomic E-state index is 0.0135. The van der Waals surface area contributed by atoms with Gasteiger partial charge in [0.15, 0.2) is 0 Å². The summed E-state index contributed by atoms with van der Waals surface area (Å²) < 4.78 is 5.40. The van der Waals surface area contributed by atoms with Gasteiger partial charge in [0.1, 0.15) is 5.82 Å². The van der Waals surface area contributed by atoms with Crippen LogP contribution in [0.25, 0.3) is 0 Å². The molecule has 0 spiro atoms. The van der Waals surface area contributed by atoms with E-state index in [1.807, 2.05) is 6.20 Å². The van der Waals surface area contributed by atoms with Crippen molar-refractivity contribution in [3.63, 3.8) is 0 Å². The van der Waals surface area contributed by atoms with E-state index in [4.69, 9.17) is 4.74 Å². The standard InChI is InChI=1S/C14H23N3O2/c1-3-15-7-12-6-11(2)14(16-8-12)17-4-5-19-10-13(17)9-18/h6,8,13,15,18H,3-5,7,9-10H2,1-2H3. The Balaban J connectivity index is 2.14. The summed E-state index contributed by atoms with van der Waals surface area (Å²) in [4.78, 5) is 6.72. The number of aliphatic hydroxyl groups is 1. The molecule has 1 aromatic rings. The largest absolute Gasteiger partial charge is 0.394 e. The van der Waals surface area contributed by atoms with Gasteiger partial charge in [0, 0.05) is 19.3 Å². The third kappa shape index (κ3) is 3.43. The van der Waals surface area contributed by atoms with E-state index in [-0.39, 0.29) is 12.6 Å². The molecule has 0 saturated carbocycles. The Morgan fingerprint density at radius 2 is 2.42 bits per heavy atom. The fourth-order valence-corrected chi connectivity index (χ4v) is 2.38. The third-order valence-electron chi connectivity index (χ3n) is 3.40. The van der Waals surface area contributed by atoms with Crippen LogP contribution in [0.5, 0.6) is 0 Å². The molecule has 5 nitrogen and oxygen atoms in total. The lowest BCUT2D eigenvalue weighted by Crippen LogP contribution is -2.48. The van der Waals surface area contributed by atoms with Crippen molar-refractivity contribution in [2.75, 3.05) is 37.8 Å². The summed E-state index contributed by atoms with van der Waals surface area (Å²) in [6.07, 6.45) is 1.91. The van der Waals surface area contributed by atoms with Gasteiger partial charge in [-0.3, -0.25) is 0 Å². The van der Waals surface area contributed by atoms with Gasteiger partial charge in [0.25, 0.3) is 0 Å². The lowest BCUT2D eigenvalue weighted by molar-refractivity contribution is 0.0722. The van der Waals surface area contributed by atoms with Gasteiger partial charge in [-0.2, -0.15) is 0 Å². The second kappa shape index (κ2) is 6.84. The van der Waals surface area contributed by atoms with Crippen LogP contribution in [0.1, 0.15) is 18.1 Å². The first-order valence-corrected chi connectivity index (χ1v) is 6.87. The van der Waals surface area contributed by atoms with E-state index >= 15 is 0 Å². The number of anilines is 1. The Bertz CT molecular complexity index is 412. The van der Waals surface area contributed by atoms with Crippen LogP contribution in [0.4, 0.5) is 5.82 Å². The Hall–Kier alpha value is -1.17. The predicted molar refractivity (Wildman–Crippen MR) is 75.4 cm³/mol. The molecule has 1 atom stereocenters. The van der Waals surface area contributed by atoms with E-state index in [1.165, 1.54) is 5.56 Å². The molecule has 0 aromatic carbocycles. The van der Waals surface area contributed by atoms with Crippen molar-refractivity contribution >= 4 is 5.82 Å². The van der Waals surface area contributed by atoms with E-state index in [0.717, 1.165) is 31.0 Å². The van der Waals surface area contributed by atoms with Gasteiger partial charge in [0.2, 0.25) is 0 Å². The highest BCUT2D eigenvalue weighted by Gasteiger charge is 2.24. The number of hydrogen-bond acceptors (Lipinski definition) is 5. The molecule has 5 heteroatoms. The molecule has 1 saturated heterocycles. The molecule has 1 fully saturated rings. The molecule has 2 heterocycles. The molecule has 2 rings (SSSR count). The van der Waals surface area contributed by atoms with Gasteiger partial charge in [-0.1, -0.05) is 6.92 Å². The number of aliphatic hydroxyl groups excluding tert-OH is 1. The molecule has 0 amide bonds. The summed E-state index contributed by atoms with van der Waals surface area (Å²) in [6.45, 7) is 8.10. The Labute approximate surface area is 114 Å². The molecule has 1 aliphatic heterocycles. The molecule has 2 N–H and O–H groups in total. The average molecular weight is 265 g/mol. The molecule has 19 heavy (non-hydrogen) atoms. The lowest BCUT2D eigenvalue weighted by Gasteiger charge is -2.36. The molecule has 0 bridgehead atoms. The second-order valence-electron chi connectivity index (χ2n) is 4.87. The predicted octanol–water partition coefficient (Wildman–Crippen LogP) is 0.697. The number of nitrogens with one attached hydrogen (secondary N) is 1. The number of pyridine rings is 1. The Morgan fingerprint density at radius 3 is 3.11 bits per heavy atom. The van der Waals surface area contributed by atoms with Crippen molar-refractivity contribution < 1.29 is 9.84 Å². The molecular formula is C14H23N3O2. The van der Waals surface area contributed by atoms with Crippen LogP contribution < -0.4 is 10.2 Å². The number of ether oxygens (including phenoxy) is 1. The zero-order chi connectivity index (χ0) is 13.7. The van der Waals surface area contributed by atoms with Crippen molar-refractivity contribution in [2.45, 2.75) is 26.4 Å². The van der Waals surface area contributed by atoms with E-state index in [0.29, 0.717) is 13.2 Å². The third-order valence-corrected chi connectivity index (χ3v) is 3.40. The van der Waals surface area contributed by atoms with Crippen LogP contribution in [0.2, 0.25) is 0 Å². The van der Waals surface area contributed by atoms with Crippen LogP contribution in [0, 0.1) is 6.92 Å². The van der Waals surface area contributed by atoms with Crippen LogP contribution in [0.3, 0.4) is 0 Å². The van der Waals surface area contributed by atoms with Crippen LogP contribution in [-0.4, -0.2) is 49.0 Å². The van der Waals surface area contributed by atoms with Crippen molar-refractivity contribution in [1.82, 2.24) is 10.3 Å². The van der Waals surface area contributed by atoms with E-state index < -0.39 is 0 Å². The fraction of sp³-hybridized carbons (Fsp3) is 0.643. The van der Waals surface area contributed by atoms with Gasteiger partial charge >= 0.3 is 0 Å². The number of rotatable bonds is 5. The highest BCUT2D eigenvalue weighted by molar-refractivity contribution is 5.48. The Kier molecular flexibility index (Phi) is 5.13. The minimum absolute atomic E-state index is 0.0135. The summed E-state index contributed by atoms with van der Waals surface area (Å²) in [6, 6.07) is 2.18. The monoisotopic (exact) mass is 265 g/mol. The summed E-state index contributed by atoms with van der Waals surface area (Å²) in [5.41, 5.74) is 2.34.